The van der Waals surface area contributed by atoms with Gasteiger partial charge in [-0.05, 0) is 40.4 Å². The van der Waals surface area contributed by atoms with Crippen LogP contribution in [-0.4, -0.2) is 47.0 Å². The lowest BCUT2D eigenvalue weighted by atomic mass is 10.0. The Morgan fingerprint density at radius 2 is 1.83 bits per heavy atom. The first kappa shape index (κ1) is 18.6. The van der Waals surface area contributed by atoms with Crippen LogP contribution in [-0.2, 0) is 13.1 Å². The molecule has 2 rings (SSSR count). The summed E-state index contributed by atoms with van der Waals surface area (Å²) in [6, 6.07) is 9.08. The van der Waals surface area contributed by atoms with Crippen LogP contribution in [0.3, 0.4) is 0 Å². The van der Waals surface area contributed by atoms with Crippen molar-refractivity contribution in [2.45, 2.75) is 39.9 Å². The van der Waals surface area contributed by atoms with E-state index in [1.165, 1.54) is 16.7 Å². The maximum Gasteiger partial charge on any atom is 0.0644 e. The smallest absolute Gasteiger partial charge is 0.0644 e. The summed E-state index contributed by atoms with van der Waals surface area (Å²) in [6.07, 6.45) is 0. The quantitative estimate of drug-likeness (QED) is 0.779. The first-order chi connectivity index (χ1) is 11.4. The molecule has 0 saturated heterocycles. The minimum absolute atomic E-state index is 0.116. The molecule has 5 nitrogen and oxygen atoms in total. The molecule has 0 fully saturated rings. The van der Waals surface area contributed by atoms with Gasteiger partial charge in [0.2, 0.25) is 0 Å². The van der Waals surface area contributed by atoms with E-state index in [0.717, 1.165) is 24.5 Å². The Bertz CT molecular complexity index is 646. The van der Waals surface area contributed by atoms with Gasteiger partial charge in [0.1, 0.15) is 0 Å². The van der Waals surface area contributed by atoms with Crippen molar-refractivity contribution >= 4 is 0 Å². The van der Waals surface area contributed by atoms with Crippen LogP contribution in [0.25, 0.3) is 0 Å². The van der Waals surface area contributed by atoms with E-state index in [1.54, 1.807) is 0 Å². The fraction of sp³-hybridized carbons (Fsp3) is 0.526. The Morgan fingerprint density at radius 1 is 1.17 bits per heavy atom. The van der Waals surface area contributed by atoms with Crippen molar-refractivity contribution in [1.29, 1.82) is 0 Å². The van der Waals surface area contributed by atoms with Gasteiger partial charge in [-0.25, -0.2) is 0 Å². The molecule has 1 heterocycles. The molecule has 24 heavy (non-hydrogen) atoms. The molecule has 1 aromatic carbocycles. The molecule has 0 amide bonds. The molecular weight excluding hydrogens is 300 g/mol. The lowest BCUT2D eigenvalue weighted by Crippen LogP contribution is -2.31. The Labute approximate surface area is 145 Å². The second kappa shape index (κ2) is 8.42. The lowest BCUT2D eigenvalue weighted by molar-refractivity contribution is 0.267. The fourth-order valence-electron chi connectivity index (χ4n) is 3.02. The molecule has 2 aromatic rings. The zero-order valence-corrected chi connectivity index (χ0v) is 15.5. The standard InChI is InChI=1S/C19H30N4O/c1-14-6-8-17(9-7-14)19(22(4)5)13-20-12-18-15(2)21-23(10-11-24)16(18)3/h6-9,19-20,24H,10-13H2,1-5H3/t19-/m0/s1. The molecule has 0 radical (unpaired) electrons. The highest BCUT2D eigenvalue weighted by atomic mass is 16.3. The van der Waals surface area contributed by atoms with Crippen molar-refractivity contribution in [3.63, 3.8) is 0 Å². The summed E-state index contributed by atoms with van der Waals surface area (Å²) in [5.74, 6) is 0. The molecule has 132 valence electrons. The van der Waals surface area contributed by atoms with Crippen LogP contribution < -0.4 is 5.32 Å². The Kier molecular flexibility index (Phi) is 6.54. The number of rotatable bonds is 8. The monoisotopic (exact) mass is 330 g/mol. The Morgan fingerprint density at radius 3 is 2.42 bits per heavy atom. The van der Waals surface area contributed by atoms with E-state index in [1.807, 2.05) is 11.6 Å². The number of aryl methyl sites for hydroxylation is 2. The lowest BCUT2D eigenvalue weighted by Gasteiger charge is -2.25. The number of benzene rings is 1. The third kappa shape index (κ3) is 4.44. The summed E-state index contributed by atoms with van der Waals surface area (Å²) < 4.78 is 1.88. The summed E-state index contributed by atoms with van der Waals surface area (Å²) >= 11 is 0. The van der Waals surface area contributed by atoms with Gasteiger partial charge in [0.25, 0.3) is 0 Å². The minimum atomic E-state index is 0.116. The fourth-order valence-corrected chi connectivity index (χ4v) is 3.02. The molecule has 0 bridgehead atoms. The van der Waals surface area contributed by atoms with Crippen molar-refractivity contribution in [3.8, 4) is 0 Å². The van der Waals surface area contributed by atoms with Gasteiger partial charge in [-0.1, -0.05) is 29.8 Å². The van der Waals surface area contributed by atoms with E-state index >= 15 is 0 Å². The van der Waals surface area contributed by atoms with Crippen LogP contribution in [0.1, 0.15) is 34.1 Å². The van der Waals surface area contributed by atoms with Crippen LogP contribution in [0.5, 0.6) is 0 Å². The Balaban J connectivity index is 2.02. The summed E-state index contributed by atoms with van der Waals surface area (Å²) in [6.45, 7) is 8.54. The van der Waals surface area contributed by atoms with Crippen molar-refractivity contribution in [3.05, 3.63) is 52.3 Å². The molecule has 0 aliphatic carbocycles. The number of aromatic nitrogens is 2. The van der Waals surface area contributed by atoms with Gasteiger partial charge in [-0.2, -0.15) is 5.10 Å². The largest absolute Gasteiger partial charge is 0.394 e. The molecular formula is C19H30N4O. The van der Waals surface area contributed by atoms with Gasteiger partial charge >= 0.3 is 0 Å². The van der Waals surface area contributed by atoms with Crippen molar-refractivity contribution in [1.82, 2.24) is 20.0 Å². The maximum absolute atomic E-state index is 9.12. The van der Waals surface area contributed by atoms with Gasteiger partial charge in [0, 0.05) is 30.4 Å². The summed E-state index contributed by atoms with van der Waals surface area (Å²) in [4.78, 5) is 2.24. The molecule has 2 N–H and O–H groups in total. The van der Waals surface area contributed by atoms with E-state index in [4.69, 9.17) is 5.11 Å². The van der Waals surface area contributed by atoms with E-state index in [9.17, 15) is 0 Å². The number of likely N-dealkylation sites (N-methyl/N-ethyl adjacent to an activating group) is 1. The zero-order valence-electron chi connectivity index (χ0n) is 15.5. The number of nitrogens with one attached hydrogen (secondary N) is 1. The number of hydrogen-bond donors (Lipinski definition) is 2. The normalized spacial score (nSPS) is 12.8. The second-order valence-electron chi connectivity index (χ2n) is 6.62. The molecule has 5 heteroatoms. The molecule has 1 atom stereocenters. The van der Waals surface area contributed by atoms with Crippen molar-refractivity contribution in [2.24, 2.45) is 0 Å². The minimum Gasteiger partial charge on any atom is -0.394 e. The molecule has 0 unspecified atom stereocenters. The van der Waals surface area contributed by atoms with Crippen LogP contribution in [0.4, 0.5) is 0 Å². The van der Waals surface area contributed by atoms with E-state index < -0.39 is 0 Å². The third-order valence-electron chi connectivity index (χ3n) is 4.57. The first-order valence-electron chi connectivity index (χ1n) is 8.51. The topological polar surface area (TPSA) is 53.3 Å². The van der Waals surface area contributed by atoms with Crippen molar-refractivity contribution < 1.29 is 5.11 Å². The number of aliphatic hydroxyl groups is 1. The van der Waals surface area contributed by atoms with Crippen LogP contribution in [0.2, 0.25) is 0 Å². The highest BCUT2D eigenvalue weighted by Crippen LogP contribution is 2.19. The van der Waals surface area contributed by atoms with Crippen LogP contribution in [0.15, 0.2) is 24.3 Å². The van der Waals surface area contributed by atoms with E-state index in [-0.39, 0.29) is 6.61 Å². The predicted molar refractivity (Wildman–Crippen MR) is 98.1 cm³/mol. The SMILES string of the molecule is Cc1ccc([C@H](CNCc2c(C)nn(CCO)c2C)N(C)C)cc1. The van der Waals surface area contributed by atoms with Crippen LogP contribution >= 0.6 is 0 Å². The summed E-state index contributed by atoms with van der Waals surface area (Å²) in [7, 11) is 4.23. The van der Waals surface area contributed by atoms with Gasteiger partial charge in [0.15, 0.2) is 0 Å². The molecule has 0 aliphatic rings. The number of nitrogens with zero attached hydrogens (tertiary/aromatic N) is 3. The molecule has 0 spiro atoms. The van der Waals surface area contributed by atoms with Gasteiger partial charge in [-0.3, -0.25) is 4.68 Å². The molecule has 1 aromatic heterocycles. The second-order valence-corrected chi connectivity index (χ2v) is 6.62. The van der Waals surface area contributed by atoms with Gasteiger partial charge < -0.3 is 15.3 Å². The highest BCUT2D eigenvalue weighted by Gasteiger charge is 2.15. The highest BCUT2D eigenvalue weighted by molar-refractivity contribution is 5.26. The van der Waals surface area contributed by atoms with Gasteiger partial charge in [0.05, 0.1) is 18.8 Å². The average Bonchev–Trinajstić information content (AvgIpc) is 2.80. The van der Waals surface area contributed by atoms with Crippen molar-refractivity contribution in [2.75, 3.05) is 27.2 Å². The molecule has 0 saturated carbocycles. The van der Waals surface area contributed by atoms with Crippen LogP contribution in [0, 0.1) is 20.8 Å². The zero-order chi connectivity index (χ0) is 17.7. The summed E-state index contributed by atoms with van der Waals surface area (Å²) in [5.41, 5.74) is 6.00. The average molecular weight is 330 g/mol. The number of aliphatic hydroxyl groups excluding tert-OH is 1. The molecule has 0 aliphatic heterocycles. The van der Waals surface area contributed by atoms with Gasteiger partial charge in [-0.15, -0.1) is 0 Å². The van der Waals surface area contributed by atoms with E-state index in [0.29, 0.717) is 12.6 Å². The summed E-state index contributed by atoms with van der Waals surface area (Å²) in [5, 5.41) is 17.2. The number of hydrogen-bond acceptors (Lipinski definition) is 4. The predicted octanol–water partition coefficient (Wildman–Crippen LogP) is 2.19. The maximum atomic E-state index is 9.12. The Hall–Kier alpha value is -1.69. The third-order valence-corrected chi connectivity index (χ3v) is 4.57. The first-order valence-corrected chi connectivity index (χ1v) is 8.51. The van der Waals surface area contributed by atoms with E-state index in [2.05, 4.69) is 67.5 Å².